The molecule has 2 heterocycles. The Morgan fingerprint density at radius 1 is 1.48 bits per heavy atom. The van der Waals surface area contributed by atoms with Gasteiger partial charge in [-0.3, -0.25) is 4.99 Å². The molecule has 128 valence electrons. The average Bonchev–Trinajstić information content (AvgIpc) is 3.10. The van der Waals surface area contributed by atoms with Crippen LogP contribution >= 0.6 is 11.8 Å². The van der Waals surface area contributed by atoms with Gasteiger partial charge in [-0.05, 0) is 31.1 Å². The van der Waals surface area contributed by atoms with E-state index in [1.807, 2.05) is 23.9 Å². The third kappa shape index (κ3) is 6.29. The van der Waals surface area contributed by atoms with Crippen molar-refractivity contribution in [3.63, 3.8) is 0 Å². The van der Waals surface area contributed by atoms with E-state index in [9.17, 15) is 0 Å². The lowest BCUT2D eigenvalue weighted by atomic mass is 10.2. The van der Waals surface area contributed by atoms with Gasteiger partial charge in [0.1, 0.15) is 0 Å². The highest BCUT2D eigenvalue weighted by molar-refractivity contribution is 8.00. The molecule has 0 bridgehead atoms. The SMILES string of the molecule is CCCCOc1ncccc1CNC(=NC)NCC1CCCS1. The molecule has 1 aromatic rings. The van der Waals surface area contributed by atoms with Crippen molar-refractivity contribution in [2.24, 2.45) is 4.99 Å². The normalized spacial score (nSPS) is 18.0. The lowest BCUT2D eigenvalue weighted by molar-refractivity contribution is 0.294. The van der Waals surface area contributed by atoms with Gasteiger partial charge in [-0.1, -0.05) is 19.4 Å². The quantitative estimate of drug-likeness (QED) is 0.434. The van der Waals surface area contributed by atoms with Crippen LogP contribution in [0.5, 0.6) is 5.88 Å². The van der Waals surface area contributed by atoms with Gasteiger partial charge in [0, 0.05) is 37.1 Å². The van der Waals surface area contributed by atoms with Gasteiger partial charge in [-0.2, -0.15) is 11.8 Å². The van der Waals surface area contributed by atoms with E-state index in [0.717, 1.165) is 36.8 Å². The van der Waals surface area contributed by atoms with E-state index in [1.165, 1.54) is 18.6 Å². The first kappa shape index (κ1) is 17.9. The van der Waals surface area contributed by atoms with E-state index in [4.69, 9.17) is 4.74 Å². The maximum atomic E-state index is 5.77. The number of aliphatic imine (C=N–C) groups is 1. The maximum absolute atomic E-state index is 5.77. The van der Waals surface area contributed by atoms with Crippen molar-refractivity contribution in [3.05, 3.63) is 23.9 Å². The Hall–Kier alpha value is -1.43. The van der Waals surface area contributed by atoms with Crippen molar-refractivity contribution in [2.75, 3.05) is 26.0 Å². The van der Waals surface area contributed by atoms with Crippen LogP contribution in [0.4, 0.5) is 0 Å². The topological polar surface area (TPSA) is 58.5 Å². The Bertz CT molecular complexity index is 489. The van der Waals surface area contributed by atoms with Crippen molar-refractivity contribution in [3.8, 4) is 5.88 Å². The zero-order valence-corrected chi connectivity index (χ0v) is 15.0. The third-order valence-corrected chi connectivity index (χ3v) is 5.18. The molecule has 5 nitrogen and oxygen atoms in total. The molecule has 1 unspecified atom stereocenters. The number of rotatable bonds is 8. The first-order valence-corrected chi connectivity index (χ1v) is 9.51. The van der Waals surface area contributed by atoms with Gasteiger partial charge in [0.05, 0.1) is 6.61 Å². The number of nitrogens with one attached hydrogen (secondary N) is 2. The number of hydrogen-bond acceptors (Lipinski definition) is 4. The van der Waals surface area contributed by atoms with E-state index >= 15 is 0 Å². The number of hydrogen-bond donors (Lipinski definition) is 2. The van der Waals surface area contributed by atoms with Crippen molar-refractivity contribution >= 4 is 17.7 Å². The van der Waals surface area contributed by atoms with E-state index in [-0.39, 0.29) is 0 Å². The van der Waals surface area contributed by atoms with Gasteiger partial charge < -0.3 is 15.4 Å². The predicted molar refractivity (Wildman–Crippen MR) is 98.3 cm³/mol. The fourth-order valence-corrected chi connectivity index (χ4v) is 3.62. The zero-order valence-electron chi connectivity index (χ0n) is 14.2. The first-order valence-electron chi connectivity index (χ1n) is 8.46. The van der Waals surface area contributed by atoms with Crippen LogP contribution in [-0.2, 0) is 6.54 Å². The molecule has 0 amide bonds. The molecular formula is C17H28N4OS. The smallest absolute Gasteiger partial charge is 0.218 e. The van der Waals surface area contributed by atoms with E-state index in [1.54, 1.807) is 13.2 Å². The number of thioether (sulfide) groups is 1. The molecule has 1 fully saturated rings. The lowest BCUT2D eigenvalue weighted by Gasteiger charge is -2.16. The summed E-state index contributed by atoms with van der Waals surface area (Å²) in [6.45, 7) is 4.50. The summed E-state index contributed by atoms with van der Waals surface area (Å²) in [6, 6.07) is 3.98. The lowest BCUT2D eigenvalue weighted by Crippen LogP contribution is -2.39. The summed E-state index contributed by atoms with van der Waals surface area (Å²) in [5.41, 5.74) is 1.06. The molecule has 2 rings (SSSR count). The standard InChI is InChI=1S/C17H28N4OS/c1-3-4-10-22-16-14(7-5-9-19-16)12-20-17(18-2)21-13-15-8-6-11-23-15/h5,7,9,15H,3-4,6,8,10-13H2,1-2H3,(H2,18,20,21). The summed E-state index contributed by atoms with van der Waals surface area (Å²) < 4.78 is 5.77. The summed E-state index contributed by atoms with van der Waals surface area (Å²) in [4.78, 5) is 8.63. The molecule has 0 spiro atoms. The monoisotopic (exact) mass is 336 g/mol. The molecule has 1 aromatic heterocycles. The van der Waals surface area contributed by atoms with Crippen LogP contribution in [0.1, 0.15) is 38.2 Å². The maximum Gasteiger partial charge on any atom is 0.218 e. The van der Waals surface area contributed by atoms with Crippen molar-refractivity contribution in [1.29, 1.82) is 0 Å². The van der Waals surface area contributed by atoms with E-state index in [0.29, 0.717) is 18.4 Å². The Labute approximate surface area is 143 Å². The summed E-state index contributed by atoms with van der Waals surface area (Å²) in [5.74, 6) is 2.84. The summed E-state index contributed by atoms with van der Waals surface area (Å²) in [7, 11) is 1.80. The highest BCUT2D eigenvalue weighted by Crippen LogP contribution is 2.25. The highest BCUT2D eigenvalue weighted by Gasteiger charge is 2.15. The molecule has 2 N–H and O–H groups in total. The van der Waals surface area contributed by atoms with Gasteiger partial charge in [0.2, 0.25) is 5.88 Å². The number of nitrogens with zero attached hydrogens (tertiary/aromatic N) is 2. The summed E-state index contributed by atoms with van der Waals surface area (Å²) in [5, 5.41) is 7.47. The second-order valence-corrected chi connectivity index (χ2v) is 7.02. The number of guanidine groups is 1. The van der Waals surface area contributed by atoms with Gasteiger partial charge >= 0.3 is 0 Å². The molecule has 6 heteroatoms. The molecule has 0 saturated carbocycles. The predicted octanol–water partition coefficient (Wildman–Crippen LogP) is 2.82. The van der Waals surface area contributed by atoms with Crippen molar-refractivity contribution in [2.45, 2.75) is 44.4 Å². The van der Waals surface area contributed by atoms with Gasteiger partial charge in [0.25, 0.3) is 0 Å². The fourth-order valence-electron chi connectivity index (χ4n) is 2.42. The molecule has 23 heavy (non-hydrogen) atoms. The Balaban J connectivity index is 1.80. The number of pyridine rings is 1. The number of aromatic nitrogens is 1. The first-order chi connectivity index (χ1) is 11.3. The zero-order chi connectivity index (χ0) is 16.3. The molecule has 1 aliphatic rings. The minimum absolute atomic E-state index is 0.660. The molecule has 0 aromatic carbocycles. The number of unbranched alkanes of at least 4 members (excludes halogenated alkanes) is 1. The van der Waals surface area contributed by atoms with E-state index < -0.39 is 0 Å². The molecule has 0 aliphatic carbocycles. The van der Waals surface area contributed by atoms with Crippen LogP contribution in [-0.4, -0.2) is 42.1 Å². The Morgan fingerprint density at radius 2 is 2.39 bits per heavy atom. The van der Waals surface area contributed by atoms with Crippen LogP contribution in [0, 0.1) is 0 Å². The second-order valence-electron chi connectivity index (χ2n) is 5.61. The van der Waals surface area contributed by atoms with Gasteiger partial charge in [-0.25, -0.2) is 4.98 Å². The molecule has 1 atom stereocenters. The molecule has 1 aliphatic heterocycles. The second kappa shape index (κ2) is 10.4. The number of ether oxygens (including phenoxy) is 1. The fraction of sp³-hybridized carbons (Fsp3) is 0.647. The average molecular weight is 337 g/mol. The van der Waals surface area contributed by atoms with Crippen molar-refractivity contribution in [1.82, 2.24) is 15.6 Å². The van der Waals surface area contributed by atoms with Crippen LogP contribution in [0.2, 0.25) is 0 Å². The molecule has 1 saturated heterocycles. The summed E-state index contributed by atoms with van der Waals surface area (Å²) >= 11 is 2.05. The largest absolute Gasteiger partial charge is 0.477 e. The van der Waals surface area contributed by atoms with Crippen LogP contribution in [0.25, 0.3) is 0 Å². The van der Waals surface area contributed by atoms with Gasteiger partial charge in [-0.15, -0.1) is 0 Å². The Kier molecular flexibility index (Phi) is 8.07. The minimum Gasteiger partial charge on any atom is -0.477 e. The Morgan fingerprint density at radius 3 is 3.13 bits per heavy atom. The summed E-state index contributed by atoms with van der Waals surface area (Å²) in [6.07, 6.45) is 6.57. The van der Waals surface area contributed by atoms with Crippen molar-refractivity contribution < 1.29 is 4.74 Å². The molecule has 0 radical (unpaired) electrons. The minimum atomic E-state index is 0.660. The van der Waals surface area contributed by atoms with Crippen LogP contribution in [0.15, 0.2) is 23.3 Å². The van der Waals surface area contributed by atoms with Crippen LogP contribution < -0.4 is 15.4 Å². The van der Waals surface area contributed by atoms with Gasteiger partial charge in [0.15, 0.2) is 5.96 Å². The van der Waals surface area contributed by atoms with Crippen LogP contribution in [0.3, 0.4) is 0 Å². The van der Waals surface area contributed by atoms with E-state index in [2.05, 4.69) is 27.5 Å². The molecular weight excluding hydrogens is 308 g/mol. The highest BCUT2D eigenvalue weighted by atomic mass is 32.2. The third-order valence-electron chi connectivity index (χ3n) is 3.78.